The maximum Gasteiger partial charge on any atom is 0.138 e. The molecule has 1 spiro atoms. The average Bonchev–Trinajstić information content (AvgIpc) is 2.35. The van der Waals surface area contributed by atoms with Gasteiger partial charge in [0.25, 0.3) is 0 Å². The Morgan fingerprint density at radius 2 is 2.20 bits per heavy atom. The van der Waals surface area contributed by atoms with Crippen LogP contribution in [-0.2, 0) is 4.74 Å². The van der Waals surface area contributed by atoms with Gasteiger partial charge in [0.15, 0.2) is 0 Å². The summed E-state index contributed by atoms with van der Waals surface area (Å²) in [5.41, 5.74) is 0.790. The van der Waals surface area contributed by atoms with E-state index in [1.54, 1.807) is 12.1 Å². The highest BCUT2D eigenvalue weighted by Crippen LogP contribution is 2.37. The average molecular weight is 297 g/mol. The molecule has 0 saturated carbocycles. The molecule has 0 bridgehead atoms. The first kappa shape index (κ1) is 13.8. The number of ether oxygens (including phenoxy) is 2. The number of hydrogen-bond donors (Lipinski definition) is 0. The maximum atomic E-state index is 10.4. The lowest BCUT2D eigenvalue weighted by Crippen LogP contribution is -2.65. The zero-order valence-electron chi connectivity index (χ0n) is 11.2. The molecular formula is C14H17ClN2O3. The molecule has 2 aliphatic heterocycles. The van der Waals surface area contributed by atoms with Gasteiger partial charge in [-0.1, -0.05) is 11.6 Å². The Labute approximate surface area is 122 Å². The number of rotatable bonds is 6. The highest BCUT2D eigenvalue weighted by atomic mass is 35.5. The van der Waals surface area contributed by atoms with E-state index in [9.17, 15) is 4.91 Å². The van der Waals surface area contributed by atoms with Crippen molar-refractivity contribution >= 4 is 17.3 Å². The summed E-state index contributed by atoms with van der Waals surface area (Å²) in [4.78, 5) is 12.8. The minimum absolute atomic E-state index is 0.316. The fourth-order valence-electron chi connectivity index (χ4n) is 2.77. The van der Waals surface area contributed by atoms with Gasteiger partial charge < -0.3 is 14.4 Å². The summed E-state index contributed by atoms with van der Waals surface area (Å²) >= 11 is 6.00. The SMILES string of the molecule is O=Nc1ccc(OCCCN2CC3(COC3)C2)c(Cl)c1. The monoisotopic (exact) mass is 296 g/mol. The first-order valence-electron chi connectivity index (χ1n) is 6.77. The molecule has 1 aromatic rings. The number of halogens is 1. The number of likely N-dealkylation sites (tertiary alicyclic amines) is 1. The molecule has 5 nitrogen and oxygen atoms in total. The minimum Gasteiger partial charge on any atom is -0.492 e. The van der Waals surface area contributed by atoms with Gasteiger partial charge in [-0.15, -0.1) is 4.91 Å². The number of nitroso groups, excluding NO2 is 1. The van der Waals surface area contributed by atoms with E-state index in [1.165, 1.54) is 6.07 Å². The van der Waals surface area contributed by atoms with E-state index in [0.29, 0.717) is 28.5 Å². The van der Waals surface area contributed by atoms with Crippen molar-refractivity contribution in [3.8, 4) is 5.75 Å². The molecule has 108 valence electrons. The van der Waals surface area contributed by atoms with Crippen LogP contribution in [0, 0.1) is 10.3 Å². The fraction of sp³-hybridized carbons (Fsp3) is 0.571. The first-order valence-corrected chi connectivity index (χ1v) is 7.14. The molecule has 2 saturated heterocycles. The summed E-state index contributed by atoms with van der Waals surface area (Å²) in [5, 5.41) is 3.26. The minimum atomic E-state index is 0.316. The smallest absolute Gasteiger partial charge is 0.138 e. The van der Waals surface area contributed by atoms with E-state index in [1.807, 2.05) is 0 Å². The van der Waals surface area contributed by atoms with Crippen LogP contribution in [0.4, 0.5) is 5.69 Å². The molecule has 0 aliphatic carbocycles. The van der Waals surface area contributed by atoms with Crippen molar-refractivity contribution in [1.82, 2.24) is 4.90 Å². The van der Waals surface area contributed by atoms with Crippen molar-refractivity contribution in [1.29, 1.82) is 0 Å². The lowest BCUT2D eigenvalue weighted by molar-refractivity contribution is -0.189. The molecule has 2 aliphatic rings. The number of hydrogen-bond acceptors (Lipinski definition) is 5. The van der Waals surface area contributed by atoms with Crippen LogP contribution in [0.2, 0.25) is 5.02 Å². The van der Waals surface area contributed by atoms with Crippen LogP contribution in [0.5, 0.6) is 5.75 Å². The van der Waals surface area contributed by atoms with Gasteiger partial charge in [-0.3, -0.25) is 0 Å². The molecule has 0 radical (unpaired) electrons. The third kappa shape index (κ3) is 2.80. The number of nitrogens with zero attached hydrogens (tertiary/aromatic N) is 2. The quantitative estimate of drug-likeness (QED) is 0.598. The van der Waals surface area contributed by atoms with Crippen molar-refractivity contribution in [3.05, 3.63) is 28.1 Å². The van der Waals surface area contributed by atoms with Crippen LogP contribution in [0.15, 0.2) is 23.4 Å². The molecule has 3 rings (SSSR count). The summed E-state index contributed by atoms with van der Waals surface area (Å²) in [5.74, 6) is 0.603. The van der Waals surface area contributed by atoms with E-state index in [2.05, 4.69) is 10.1 Å². The highest BCUT2D eigenvalue weighted by Gasteiger charge is 2.48. The molecule has 2 heterocycles. The molecule has 0 unspecified atom stereocenters. The summed E-state index contributed by atoms with van der Waals surface area (Å²) in [6, 6.07) is 4.80. The molecule has 0 N–H and O–H groups in total. The molecule has 1 aromatic carbocycles. The Hall–Kier alpha value is -1.17. The third-order valence-electron chi connectivity index (χ3n) is 3.83. The Kier molecular flexibility index (Phi) is 3.92. The topological polar surface area (TPSA) is 51.1 Å². The molecule has 0 amide bonds. The second-order valence-corrected chi connectivity index (χ2v) is 6.02. The molecule has 6 heteroatoms. The second-order valence-electron chi connectivity index (χ2n) is 5.61. The molecule has 2 fully saturated rings. The van der Waals surface area contributed by atoms with Gasteiger partial charge in [-0.25, -0.2) is 0 Å². The first-order chi connectivity index (χ1) is 9.71. The van der Waals surface area contributed by atoms with Crippen LogP contribution in [0.3, 0.4) is 0 Å². The summed E-state index contributed by atoms with van der Waals surface area (Å²) in [6.45, 7) is 5.79. The Bertz CT molecular complexity index is 497. The lowest BCUT2D eigenvalue weighted by Gasteiger charge is -2.55. The normalized spacial score (nSPS) is 20.2. The van der Waals surface area contributed by atoms with Crippen molar-refractivity contribution in [2.24, 2.45) is 10.6 Å². The van der Waals surface area contributed by atoms with Gasteiger partial charge in [-0.2, -0.15) is 0 Å². The van der Waals surface area contributed by atoms with E-state index in [0.717, 1.165) is 39.3 Å². The molecule has 0 aromatic heterocycles. The summed E-state index contributed by atoms with van der Waals surface area (Å²) in [6.07, 6.45) is 0.959. The molecule has 0 atom stereocenters. The van der Waals surface area contributed by atoms with Gasteiger partial charge >= 0.3 is 0 Å². The molecule has 20 heavy (non-hydrogen) atoms. The second kappa shape index (κ2) is 5.68. The van der Waals surface area contributed by atoms with Crippen molar-refractivity contribution in [2.75, 3.05) is 39.5 Å². The Morgan fingerprint density at radius 3 is 2.80 bits per heavy atom. The van der Waals surface area contributed by atoms with Crippen LogP contribution in [-0.4, -0.2) is 44.4 Å². The van der Waals surface area contributed by atoms with Crippen molar-refractivity contribution in [3.63, 3.8) is 0 Å². The van der Waals surface area contributed by atoms with Crippen LogP contribution >= 0.6 is 11.6 Å². The van der Waals surface area contributed by atoms with Gasteiger partial charge in [0.05, 0.1) is 24.8 Å². The largest absolute Gasteiger partial charge is 0.492 e. The standard InChI is InChI=1S/C14H17ClN2O3/c15-12-6-11(16-18)2-3-13(12)20-5-1-4-17-7-14(8-17)9-19-10-14/h2-3,6H,1,4-5,7-10H2. The molecular weight excluding hydrogens is 280 g/mol. The fourth-order valence-corrected chi connectivity index (χ4v) is 3.00. The lowest BCUT2D eigenvalue weighted by atomic mass is 9.78. The van der Waals surface area contributed by atoms with Crippen LogP contribution < -0.4 is 4.74 Å². The van der Waals surface area contributed by atoms with Gasteiger partial charge in [0, 0.05) is 25.0 Å². The summed E-state index contributed by atoms with van der Waals surface area (Å²) < 4.78 is 10.9. The van der Waals surface area contributed by atoms with Crippen LogP contribution in [0.25, 0.3) is 0 Å². The third-order valence-corrected chi connectivity index (χ3v) is 4.13. The predicted octanol–water partition coefficient (Wildman–Crippen LogP) is 2.84. The van der Waals surface area contributed by atoms with Crippen molar-refractivity contribution in [2.45, 2.75) is 6.42 Å². The van der Waals surface area contributed by atoms with E-state index < -0.39 is 0 Å². The van der Waals surface area contributed by atoms with Gasteiger partial charge in [0.1, 0.15) is 11.4 Å². The van der Waals surface area contributed by atoms with Gasteiger partial charge in [0.2, 0.25) is 0 Å². The zero-order valence-corrected chi connectivity index (χ0v) is 11.9. The Morgan fingerprint density at radius 1 is 1.40 bits per heavy atom. The van der Waals surface area contributed by atoms with E-state index in [4.69, 9.17) is 21.1 Å². The number of benzene rings is 1. The Balaban J connectivity index is 1.36. The van der Waals surface area contributed by atoms with E-state index >= 15 is 0 Å². The van der Waals surface area contributed by atoms with Crippen molar-refractivity contribution < 1.29 is 9.47 Å². The predicted molar refractivity (Wildman–Crippen MR) is 76.7 cm³/mol. The maximum absolute atomic E-state index is 10.4. The zero-order chi connectivity index (χ0) is 14.0. The summed E-state index contributed by atoms with van der Waals surface area (Å²) in [7, 11) is 0. The highest BCUT2D eigenvalue weighted by molar-refractivity contribution is 6.32. The van der Waals surface area contributed by atoms with Gasteiger partial charge in [-0.05, 0) is 29.8 Å². The van der Waals surface area contributed by atoms with E-state index in [-0.39, 0.29) is 0 Å². The van der Waals surface area contributed by atoms with Crippen LogP contribution in [0.1, 0.15) is 6.42 Å².